The van der Waals surface area contributed by atoms with Gasteiger partial charge in [0.25, 0.3) is 0 Å². The summed E-state index contributed by atoms with van der Waals surface area (Å²) in [6.07, 6.45) is 3.35. The summed E-state index contributed by atoms with van der Waals surface area (Å²) in [5.74, 6) is 1.03. The number of benzene rings is 2. The van der Waals surface area contributed by atoms with Gasteiger partial charge in [0.1, 0.15) is 5.75 Å². The summed E-state index contributed by atoms with van der Waals surface area (Å²) in [6, 6.07) is 16.3. The number of para-hydroxylation sites is 1. The number of nitrogens with one attached hydrogen (secondary N) is 1. The molecule has 0 radical (unpaired) electrons. The summed E-state index contributed by atoms with van der Waals surface area (Å²) >= 11 is 0. The molecule has 1 amide bonds. The fourth-order valence-electron chi connectivity index (χ4n) is 3.85. The number of carbonyl (C=O) groups excluding carboxylic acids is 1. The second kappa shape index (κ2) is 7.20. The Labute approximate surface area is 153 Å². The van der Waals surface area contributed by atoms with Gasteiger partial charge in [-0.2, -0.15) is 5.10 Å². The zero-order valence-corrected chi connectivity index (χ0v) is 14.9. The van der Waals surface area contributed by atoms with Crippen molar-refractivity contribution in [3.8, 4) is 5.75 Å². The average molecular weight is 349 g/mol. The fraction of sp³-hybridized carbons (Fsp3) is 0.333. The standard InChI is InChI=1S/C21H23N3O2/c1-26-17-8-4-6-15(13-17)12-16-7-5-11-24(16)21(25)14-20-18-9-2-3-10-19(18)22-23-20/h2-4,6,8-10,13,16H,5,7,11-12,14H2,1H3,(H,22,23)/t16-/m1/s1. The van der Waals surface area contributed by atoms with Gasteiger partial charge in [0.05, 0.1) is 24.7 Å². The summed E-state index contributed by atoms with van der Waals surface area (Å²) in [7, 11) is 1.68. The predicted molar refractivity (Wildman–Crippen MR) is 101 cm³/mol. The van der Waals surface area contributed by atoms with Gasteiger partial charge in [0.15, 0.2) is 0 Å². The highest BCUT2D eigenvalue weighted by Gasteiger charge is 2.29. The average Bonchev–Trinajstić information content (AvgIpc) is 3.29. The van der Waals surface area contributed by atoms with E-state index >= 15 is 0 Å². The lowest BCUT2D eigenvalue weighted by Crippen LogP contribution is -2.37. The van der Waals surface area contributed by atoms with Gasteiger partial charge in [-0.05, 0) is 43.0 Å². The van der Waals surface area contributed by atoms with Crippen LogP contribution in [0.4, 0.5) is 0 Å². The maximum atomic E-state index is 12.9. The Bertz CT molecular complexity index is 918. The van der Waals surface area contributed by atoms with Crippen LogP contribution in [0.3, 0.4) is 0 Å². The molecule has 2 aromatic carbocycles. The summed E-state index contributed by atoms with van der Waals surface area (Å²) in [5.41, 5.74) is 3.02. The first kappa shape index (κ1) is 16.6. The molecule has 5 heteroatoms. The largest absolute Gasteiger partial charge is 0.497 e. The Hall–Kier alpha value is -2.82. The molecular weight excluding hydrogens is 326 g/mol. The maximum absolute atomic E-state index is 12.9. The van der Waals surface area contributed by atoms with Crippen molar-refractivity contribution in [2.24, 2.45) is 0 Å². The lowest BCUT2D eigenvalue weighted by atomic mass is 10.0. The van der Waals surface area contributed by atoms with Crippen LogP contribution in [-0.2, 0) is 17.6 Å². The number of amides is 1. The molecule has 5 nitrogen and oxygen atoms in total. The van der Waals surface area contributed by atoms with Crippen LogP contribution in [0.25, 0.3) is 10.9 Å². The molecule has 0 aliphatic carbocycles. The Morgan fingerprint density at radius 1 is 1.27 bits per heavy atom. The highest BCUT2D eigenvalue weighted by Crippen LogP contribution is 2.25. The Balaban J connectivity index is 1.48. The molecule has 2 heterocycles. The molecule has 3 aromatic rings. The van der Waals surface area contributed by atoms with Crippen molar-refractivity contribution in [1.29, 1.82) is 0 Å². The van der Waals surface area contributed by atoms with E-state index in [-0.39, 0.29) is 11.9 Å². The lowest BCUT2D eigenvalue weighted by molar-refractivity contribution is -0.131. The topological polar surface area (TPSA) is 58.2 Å². The van der Waals surface area contributed by atoms with Crippen molar-refractivity contribution in [1.82, 2.24) is 15.1 Å². The molecule has 0 saturated carbocycles. The van der Waals surface area contributed by atoms with Gasteiger partial charge in [-0.25, -0.2) is 0 Å². The molecule has 1 saturated heterocycles. The van der Waals surface area contributed by atoms with Gasteiger partial charge in [-0.15, -0.1) is 0 Å². The van der Waals surface area contributed by atoms with E-state index in [1.54, 1.807) is 7.11 Å². The van der Waals surface area contributed by atoms with Crippen molar-refractivity contribution in [3.63, 3.8) is 0 Å². The normalized spacial score (nSPS) is 17.0. The SMILES string of the molecule is COc1cccc(C[C@H]2CCCN2C(=O)Cc2[nH]nc3ccccc23)c1. The van der Waals surface area contributed by atoms with E-state index in [1.165, 1.54) is 5.56 Å². The number of likely N-dealkylation sites (tertiary alicyclic amines) is 1. The van der Waals surface area contributed by atoms with Crippen molar-refractivity contribution in [2.75, 3.05) is 13.7 Å². The van der Waals surface area contributed by atoms with E-state index in [0.717, 1.165) is 48.2 Å². The fourth-order valence-corrected chi connectivity index (χ4v) is 3.85. The van der Waals surface area contributed by atoms with Crippen molar-refractivity contribution in [3.05, 3.63) is 59.8 Å². The van der Waals surface area contributed by atoms with Gasteiger partial charge >= 0.3 is 0 Å². The van der Waals surface area contributed by atoms with Crippen LogP contribution < -0.4 is 4.74 Å². The third-order valence-corrected chi connectivity index (χ3v) is 5.17. The Morgan fingerprint density at radius 2 is 2.15 bits per heavy atom. The summed E-state index contributed by atoms with van der Waals surface area (Å²) in [4.78, 5) is 15.0. The number of fused-ring (bicyclic) bond motifs is 1. The quantitative estimate of drug-likeness (QED) is 0.768. The molecule has 1 aromatic heterocycles. The van der Waals surface area contributed by atoms with Gasteiger partial charge in [0, 0.05) is 18.0 Å². The molecule has 26 heavy (non-hydrogen) atoms. The van der Waals surface area contributed by atoms with Crippen molar-refractivity contribution in [2.45, 2.75) is 31.7 Å². The van der Waals surface area contributed by atoms with E-state index in [0.29, 0.717) is 6.42 Å². The number of hydrogen-bond donors (Lipinski definition) is 1. The van der Waals surface area contributed by atoms with Crippen LogP contribution in [0.1, 0.15) is 24.1 Å². The number of carbonyl (C=O) groups is 1. The molecule has 1 atom stereocenters. The number of hydrogen-bond acceptors (Lipinski definition) is 3. The van der Waals surface area contributed by atoms with Crippen molar-refractivity contribution >= 4 is 16.8 Å². The number of nitrogens with zero attached hydrogens (tertiary/aromatic N) is 2. The van der Waals surface area contributed by atoms with Crippen LogP contribution >= 0.6 is 0 Å². The third kappa shape index (κ3) is 3.29. The lowest BCUT2D eigenvalue weighted by Gasteiger charge is -2.25. The number of H-pyrrole nitrogens is 1. The number of methoxy groups -OCH3 is 1. The minimum Gasteiger partial charge on any atom is -0.497 e. The van der Waals surface area contributed by atoms with E-state index in [1.807, 2.05) is 41.3 Å². The first-order chi connectivity index (χ1) is 12.7. The van der Waals surface area contributed by atoms with Crippen LogP contribution in [0, 0.1) is 0 Å². The van der Waals surface area contributed by atoms with Crippen molar-refractivity contribution < 1.29 is 9.53 Å². The van der Waals surface area contributed by atoms with Gasteiger partial charge < -0.3 is 9.64 Å². The van der Waals surface area contributed by atoms with Gasteiger partial charge in [-0.3, -0.25) is 9.89 Å². The summed E-state index contributed by atoms with van der Waals surface area (Å²) in [6.45, 7) is 0.833. The molecule has 0 spiro atoms. The molecule has 0 unspecified atom stereocenters. The van der Waals surface area contributed by atoms with E-state index < -0.39 is 0 Å². The highest BCUT2D eigenvalue weighted by molar-refractivity contribution is 5.87. The third-order valence-electron chi connectivity index (χ3n) is 5.17. The smallest absolute Gasteiger partial charge is 0.228 e. The highest BCUT2D eigenvalue weighted by atomic mass is 16.5. The number of rotatable bonds is 5. The number of aromatic nitrogens is 2. The Kier molecular flexibility index (Phi) is 4.61. The first-order valence-electron chi connectivity index (χ1n) is 9.09. The number of aromatic amines is 1. The minimum atomic E-state index is 0.171. The molecule has 1 fully saturated rings. The molecule has 1 aliphatic rings. The summed E-state index contributed by atoms with van der Waals surface area (Å²) < 4.78 is 5.31. The molecule has 1 aliphatic heterocycles. The predicted octanol–water partition coefficient (Wildman–Crippen LogP) is 3.35. The monoisotopic (exact) mass is 349 g/mol. The van der Waals surface area contributed by atoms with E-state index in [9.17, 15) is 4.79 Å². The molecular formula is C21H23N3O2. The molecule has 4 rings (SSSR count). The zero-order chi connectivity index (χ0) is 17.9. The van der Waals surface area contributed by atoms with Crippen LogP contribution in [0.5, 0.6) is 5.75 Å². The van der Waals surface area contributed by atoms with Gasteiger partial charge in [0.2, 0.25) is 5.91 Å². The van der Waals surface area contributed by atoms with E-state index in [2.05, 4.69) is 22.3 Å². The van der Waals surface area contributed by atoms with Crippen LogP contribution in [-0.4, -0.2) is 40.7 Å². The second-order valence-electron chi connectivity index (χ2n) is 6.83. The minimum absolute atomic E-state index is 0.171. The van der Waals surface area contributed by atoms with E-state index in [4.69, 9.17) is 4.74 Å². The first-order valence-corrected chi connectivity index (χ1v) is 9.09. The van der Waals surface area contributed by atoms with Crippen LogP contribution in [0.2, 0.25) is 0 Å². The van der Waals surface area contributed by atoms with Gasteiger partial charge in [-0.1, -0.05) is 30.3 Å². The maximum Gasteiger partial charge on any atom is 0.228 e. The van der Waals surface area contributed by atoms with Crippen LogP contribution in [0.15, 0.2) is 48.5 Å². The molecule has 1 N–H and O–H groups in total. The number of ether oxygens (including phenoxy) is 1. The Morgan fingerprint density at radius 3 is 3.04 bits per heavy atom. The molecule has 134 valence electrons. The molecule has 0 bridgehead atoms. The summed E-state index contributed by atoms with van der Waals surface area (Å²) in [5, 5.41) is 8.36. The second-order valence-corrected chi connectivity index (χ2v) is 6.83. The zero-order valence-electron chi connectivity index (χ0n) is 14.9.